The summed E-state index contributed by atoms with van der Waals surface area (Å²) in [6, 6.07) is 0. The minimum absolute atomic E-state index is 0. The zero-order chi connectivity index (χ0) is 8.08. The van der Waals surface area contributed by atoms with Crippen molar-refractivity contribution in [3.05, 3.63) is 0 Å². The predicted molar refractivity (Wildman–Crippen MR) is 27.6 cm³/mol. The first-order valence-corrected chi connectivity index (χ1v) is 3.28. The third-order valence-electron chi connectivity index (χ3n) is 0. The van der Waals surface area contributed by atoms with Crippen LogP contribution in [0.4, 0.5) is 0 Å². The van der Waals surface area contributed by atoms with Gasteiger partial charge in [0.1, 0.15) is 0 Å². The average molecular weight is 440 g/mol. The van der Waals surface area contributed by atoms with Crippen LogP contribution in [0.15, 0.2) is 0 Å². The molecule has 0 atom stereocenters. The molecule has 6 nitrogen and oxygen atoms in total. The standard InChI is InChI=1S/C2H4O2.H3O4P.2Pr/c1-2(3)4;1-5(2,3)4;;/h1H3,(H,3,4);(H3,1,2,3,4);;. The number of phosphoric acid groups is 1. The molecule has 2 radical (unpaired) electrons. The number of hydrogen-bond donors (Lipinski definition) is 4. The van der Waals surface area contributed by atoms with E-state index in [2.05, 4.69) is 0 Å². The minimum Gasteiger partial charge on any atom is -0.481 e. The topological polar surface area (TPSA) is 115 Å². The van der Waals surface area contributed by atoms with Gasteiger partial charge in [-0.05, 0) is 0 Å². The van der Waals surface area contributed by atoms with Crippen LogP contribution >= 0.6 is 7.82 Å². The van der Waals surface area contributed by atoms with Crippen molar-refractivity contribution in [2.45, 2.75) is 6.92 Å². The van der Waals surface area contributed by atoms with E-state index in [4.69, 9.17) is 29.1 Å². The van der Waals surface area contributed by atoms with Crippen molar-refractivity contribution in [2.24, 2.45) is 0 Å². The van der Waals surface area contributed by atoms with E-state index in [1.54, 1.807) is 0 Å². The zero-order valence-corrected chi connectivity index (χ0v) is 14.0. The van der Waals surface area contributed by atoms with Crippen molar-refractivity contribution in [2.75, 3.05) is 0 Å². The number of carboxylic acid groups (broad SMARTS) is 1. The molecule has 0 saturated carbocycles. The Labute approximate surface area is 130 Å². The van der Waals surface area contributed by atoms with Gasteiger partial charge in [0.05, 0.1) is 0 Å². The van der Waals surface area contributed by atoms with Crippen LogP contribution in [-0.4, -0.2) is 25.8 Å². The van der Waals surface area contributed by atoms with Crippen molar-refractivity contribution < 1.29 is 112 Å². The molecule has 4 N–H and O–H groups in total. The summed E-state index contributed by atoms with van der Waals surface area (Å²) in [4.78, 5) is 30.6. The van der Waals surface area contributed by atoms with Crippen molar-refractivity contribution in [3.63, 3.8) is 0 Å². The summed E-state index contributed by atoms with van der Waals surface area (Å²) in [5.41, 5.74) is 0. The Hall–Kier alpha value is 2.31. The van der Waals surface area contributed by atoms with Gasteiger partial charge in [-0.3, -0.25) is 4.79 Å². The monoisotopic (exact) mass is 440 g/mol. The zero-order valence-electron chi connectivity index (χ0n) is 5.71. The van der Waals surface area contributed by atoms with E-state index in [-0.39, 0.29) is 82.6 Å². The van der Waals surface area contributed by atoms with Crippen LogP contribution in [0.25, 0.3) is 0 Å². The first-order chi connectivity index (χ1) is 3.73. The van der Waals surface area contributed by atoms with Gasteiger partial charge >= 0.3 is 7.82 Å². The van der Waals surface area contributed by atoms with Crippen LogP contribution in [0.3, 0.4) is 0 Å². The maximum Gasteiger partial charge on any atom is 0.466 e. The van der Waals surface area contributed by atoms with Crippen molar-refractivity contribution in [1.82, 2.24) is 0 Å². The summed E-state index contributed by atoms with van der Waals surface area (Å²) in [7, 11) is -4.64. The molecular formula is C2H7O6PPr2. The van der Waals surface area contributed by atoms with Gasteiger partial charge in [-0.1, -0.05) is 0 Å². The van der Waals surface area contributed by atoms with Gasteiger partial charge in [0.15, 0.2) is 0 Å². The second-order valence-electron chi connectivity index (χ2n) is 1.03. The van der Waals surface area contributed by atoms with Gasteiger partial charge in [-0.2, -0.15) is 0 Å². The van der Waals surface area contributed by atoms with Gasteiger partial charge in [-0.25, -0.2) is 4.57 Å². The summed E-state index contributed by atoms with van der Waals surface area (Å²) < 4.78 is 8.88. The smallest absolute Gasteiger partial charge is 0.466 e. The number of hydrogen-bond acceptors (Lipinski definition) is 2. The summed E-state index contributed by atoms with van der Waals surface area (Å²) in [6.07, 6.45) is 0. The van der Waals surface area contributed by atoms with Crippen LogP contribution in [0.1, 0.15) is 6.92 Å². The van der Waals surface area contributed by atoms with Crippen molar-refractivity contribution in [1.29, 1.82) is 0 Å². The van der Waals surface area contributed by atoms with Crippen LogP contribution in [0.5, 0.6) is 0 Å². The summed E-state index contributed by atoms with van der Waals surface area (Å²) in [6.45, 7) is 1.08. The molecule has 0 aromatic rings. The van der Waals surface area contributed by atoms with Gasteiger partial charge in [0.2, 0.25) is 0 Å². The van der Waals surface area contributed by atoms with Crippen LogP contribution < -0.4 is 0 Å². The van der Waals surface area contributed by atoms with Crippen molar-refractivity contribution >= 4 is 13.8 Å². The Morgan fingerprint density at radius 3 is 1.18 bits per heavy atom. The summed E-state index contributed by atoms with van der Waals surface area (Å²) in [5.74, 6) is -0.833. The maximum atomic E-state index is 9.00. The van der Waals surface area contributed by atoms with E-state index < -0.39 is 13.8 Å². The molecule has 0 heterocycles. The predicted octanol–water partition coefficient (Wildman–Crippen LogP) is -0.838. The van der Waals surface area contributed by atoms with E-state index in [0.29, 0.717) is 0 Å². The van der Waals surface area contributed by atoms with Gasteiger partial charge in [0.25, 0.3) is 5.97 Å². The van der Waals surface area contributed by atoms with E-state index in [1.807, 2.05) is 0 Å². The number of carboxylic acids is 1. The number of aliphatic carboxylic acids is 1. The Balaban J connectivity index is -0.0000000383. The van der Waals surface area contributed by atoms with E-state index in [0.717, 1.165) is 6.92 Å². The first kappa shape index (κ1) is 23.3. The molecule has 0 unspecified atom stereocenters. The molecule has 0 aliphatic rings. The van der Waals surface area contributed by atoms with Crippen molar-refractivity contribution in [3.8, 4) is 0 Å². The Morgan fingerprint density at radius 1 is 1.18 bits per heavy atom. The molecule has 11 heavy (non-hydrogen) atoms. The molecular weight excluding hydrogens is 433 g/mol. The fourth-order valence-electron chi connectivity index (χ4n) is 0. The van der Waals surface area contributed by atoms with Crippen LogP contribution in [0, 0.1) is 82.6 Å². The molecule has 0 aromatic heterocycles. The Bertz CT molecular complexity index is 118. The molecule has 0 aromatic carbocycles. The molecule has 9 heteroatoms. The SMILES string of the molecule is CC(=O)O.O=P(O)(O)O.[Pr].[Pr]. The second-order valence-corrected chi connectivity index (χ2v) is 2.06. The molecule has 62 valence electrons. The van der Waals surface area contributed by atoms with Gasteiger partial charge < -0.3 is 19.8 Å². The van der Waals surface area contributed by atoms with E-state index in [1.165, 1.54) is 0 Å². The largest absolute Gasteiger partial charge is 0.481 e. The maximum absolute atomic E-state index is 9.00. The summed E-state index contributed by atoms with van der Waals surface area (Å²) in [5, 5.41) is 7.42. The molecule has 0 rings (SSSR count). The first-order valence-electron chi connectivity index (χ1n) is 1.71. The molecule has 0 saturated heterocycles. The third-order valence-corrected chi connectivity index (χ3v) is 0. The fraction of sp³-hybridized carbons (Fsp3) is 0.500. The molecule has 0 spiro atoms. The van der Waals surface area contributed by atoms with E-state index >= 15 is 0 Å². The normalized spacial score (nSPS) is 7.64. The Morgan fingerprint density at radius 2 is 1.18 bits per heavy atom. The second kappa shape index (κ2) is 12.3. The summed E-state index contributed by atoms with van der Waals surface area (Å²) >= 11 is 0. The van der Waals surface area contributed by atoms with E-state index in [9.17, 15) is 0 Å². The average Bonchev–Trinajstić information content (AvgIpc) is 1.19. The Kier molecular flexibility index (Phi) is 26.0. The number of carbonyl (C=O) groups is 1. The third kappa shape index (κ3) is 246. The quantitative estimate of drug-likeness (QED) is 0.366. The molecule has 0 bridgehead atoms. The van der Waals surface area contributed by atoms with Crippen LogP contribution in [0.2, 0.25) is 0 Å². The molecule has 0 aliphatic heterocycles. The minimum atomic E-state index is -4.64. The van der Waals surface area contributed by atoms with Gasteiger partial charge in [-0.15, -0.1) is 0 Å². The fourth-order valence-corrected chi connectivity index (χ4v) is 0. The number of rotatable bonds is 0. The molecule has 0 aliphatic carbocycles. The van der Waals surface area contributed by atoms with Crippen LogP contribution in [-0.2, 0) is 9.36 Å². The molecule has 0 fully saturated rings. The van der Waals surface area contributed by atoms with Gasteiger partial charge in [0, 0.05) is 89.5 Å². The molecule has 0 amide bonds.